The van der Waals surface area contributed by atoms with E-state index in [2.05, 4.69) is 10.3 Å². The molecule has 1 unspecified atom stereocenters. The van der Waals surface area contributed by atoms with E-state index in [-0.39, 0.29) is 41.1 Å². The van der Waals surface area contributed by atoms with Gasteiger partial charge in [-0.25, -0.2) is 4.98 Å². The quantitative estimate of drug-likeness (QED) is 0.329. The predicted octanol–water partition coefficient (Wildman–Crippen LogP) is 3.15. The van der Waals surface area contributed by atoms with Crippen molar-refractivity contribution in [2.45, 2.75) is 63.3 Å². The molecular weight excluding hydrogens is 454 g/mol. The maximum absolute atomic E-state index is 13.3. The molecule has 2 aromatic rings. The van der Waals surface area contributed by atoms with Gasteiger partial charge in [-0.2, -0.15) is 0 Å². The lowest BCUT2D eigenvalue weighted by atomic mass is 9.81. The van der Waals surface area contributed by atoms with Crippen LogP contribution in [0.2, 0.25) is 0 Å². The summed E-state index contributed by atoms with van der Waals surface area (Å²) in [5.74, 6) is 0.197. The number of thioether (sulfide) groups is 1. The average Bonchev–Trinajstić information content (AvgIpc) is 3.38. The van der Waals surface area contributed by atoms with Gasteiger partial charge in [-0.05, 0) is 63.5 Å². The van der Waals surface area contributed by atoms with Gasteiger partial charge in [-0.1, -0.05) is 23.9 Å². The number of carbonyl (C=O) groups excluding carboxylic acids is 2. The maximum Gasteiger partial charge on any atom is 0.316 e. The monoisotopic (exact) mass is 487 g/mol. The van der Waals surface area contributed by atoms with Crippen molar-refractivity contribution in [3.63, 3.8) is 0 Å². The summed E-state index contributed by atoms with van der Waals surface area (Å²) in [6.07, 6.45) is 5.59. The summed E-state index contributed by atoms with van der Waals surface area (Å²) in [6, 6.07) is 7.29. The molecule has 1 atom stereocenters. The van der Waals surface area contributed by atoms with Crippen molar-refractivity contribution in [2.75, 3.05) is 25.5 Å². The molecule has 0 bridgehead atoms. The van der Waals surface area contributed by atoms with Gasteiger partial charge in [0.25, 0.3) is 5.56 Å². The van der Waals surface area contributed by atoms with Crippen LogP contribution in [0.5, 0.6) is 0 Å². The number of fused-ring (bicyclic) bond motifs is 1. The SMILES string of the molecule is CCOC(=O)CSc1nc2ccccc2c(=O)n1CC1CCC(C(=O)NCC2CCCO2)CC1. The van der Waals surface area contributed by atoms with Crippen molar-refractivity contribution >= 4 is 34.5 Å². The fraction of sp³-hybridized carbons (Fsp3) is 0.600. The first kappa shape index (κ1) is 24.7. The number of aromatic nitrogens is 2. The zero-order valence-corrected chi connectivity index (χ0v) is 20.5. The van der Waals surface area contributed by atoms with Crippen LogP contribution in [0.15, 0.2) is 34.2 Å². The minimum Gasteiger partial charge on any atom is -0.465 e. The third-order valence-electron chi connectivity index (χ3n) is 6.64. The van der Waals surface area contributed by atoms with Gasteiger partial charge >= 0.3 is 5.97 Å². The highest BCUT2D eigenvalue weighted by Gasteiger charge is 2.28. The Kier molecular flexibility index (Phi) is 8.61. The average molecular weight is 488 g/mol. The minimum absolute atomic E-state index is 0.0155. The highest BCUT2D eigenvalue weighted by molar-refractivity contribution is 7.99. The molecule has 1 amide bonds. The highest BCUT2D eigenvalue weighted by atomic mass is 32.2. The summed E-state index contributed by atoms with van der Waals surface area (Å²) < 4.78 is 12.3. The molecule has 4 rings (SSSR count). The van der Waals surface area contributed by atoms with Crippen LogP contribution in [-0.4, -0.2) is 53.0 Å². The van der Waals surface area contributed by atoms with Crippen molar-refractivity contribution in [2.24, 2.45) is 11.8 Å². The molecule has 9 heteroatoms. The number of esters is 1. The van der Waals surface area contributed by atoms with E-state index in [4.69, 9.17) is 9.47 Å². The number of benzene rings is 1. The van der Waals surface area contributed by atoms with Gasteiger partial charge in [-0.3, -0.25) is 19.0 Å². The van der Waals surface area contributed by atoms with Crippen molar-refractivity contribution in [1.29, 1.82) is 0 Å². The fourth-order valence-electron chi connectivity index (χ4n) is 4.77. The van der Waals surface area contributed by atoms with Crippen molar-refractivity contribution in [3.8, 4) is 0 Å². The molecule has 0 spiro atoms. The number of amides is 1. The number of para-hydroxylation sites is 1. The number of nitrogens with one attached hydrogen (secondary N) is 1. The number of ether oxygens (including phenoxy) is 2. The molecule has 1 aromatic carbocycles. The topological polar surface area (TPSA) is 99.5 Å². The standard InChI is InChI=1S/C25H33N3O5S/c1-2-32-22(29)16-34-25-27-21-8-4-3-7-20(21)24(31)28(25)15-17-9-11-18(12-10-17)23(30)26-14-19-6-5-13-33-19/h3-4,7-8,17-19H,2,5-6,9-16H2,1H3,(H,26,30). The number of carbonyl (C=O) groups is 2. The first-order chi connectivity index (χ1) is 16.5. The fourth-order valence-corrected chi connectivity index (χ4v) is 5.58. The second kappa shape index (κ2) is 11.8. The van der Waals surface area contributed by atoms with E-state index in [0.717, 1.165) is 45.1 Å². The van der Waals surface area contributed by atoms with E-state index in [1.54, 1.807) is 17.6 Å². The molecule has 1 N–H and O–H groups in total. The van der Waals surface area contributed by atoms with Gasteiger partial charge in [0.1, 0.15) is 0 Å². The Bertz CT molecular complexity index is 1060. The molecule has 1 aliphatic heterocycles. The Morgan fingerprint density at radius 1 is 1.21 bits per heavy atom. The molecular formula is C25H33N3O5S. The number of hydrogen-bond donors (Lipinski definition) is 1. The van der Waals surface area contributed by atoms with E-state index < -0.39 is 0 Å². The highest BCUT2D eigenvalue weighted by Crippen LogP contribution is 2.31. The Balaban J connectivity index is 1.40. The van der Waals surface area contributed by atoms with Crippen LogP contribution in [0.25, 0.3) is 10.9 Å². The molecule has 184 valence electrons. The Labute approximate surface area is 203 Å². The summed E-state index contributed by atoms with van der Waals surface area (Å²) in [4.78, 5) is 42.5. The zero-order chi connectivity index (χ0) is 23.9. The van der Waals surface area contributed by atoms with E-state index in [9.17, 15) is 14.4 Å². The first-order valence-electron chi connectivity index (χ1n) is 12.2. The molecule has 34 heavy (non-hydrogen) atoms. The van der Waals surface area contributed by atoms with Gasteiger partial charge < -0.3 is 14.8 Å². The van der Waals surface area contributed by atoms with Gasteiger partial charge in [0.15, 0.2) is 5.16 Å². The van der Waals surface area contributed by atoms with Crippen LogP contribution < -0.4 is 10.9 Å². The molecule has 0 radical (unpaired) electrons. The molecule has 8 nitrogen and oxygen atoms in total. The smallest absolute Gasteiger partial charge is 0.316 e. The number of hydrogen-bond acceptors (Lipinski definition) is 7. The van der Waals surface area contributed by atoms with Crippen LogP contribution in [0.4, 0.5) is 0 Å². The van der Waals surface area contributed by atoms with E-state index in [0.29, 0.717) is 35.8 Å². The second-order valence-electron chi connectivity index (χ2n) is 9.02. The Morgan fingerprint density at radius 2 is 2.00 bits per heavy atom. The van der Waals surface area contributed by atoms with Crippen LogP contribution in [0.3, 0.4) is 0 Å². The lowest BCUT2D eigenvalue weighted by Gasteiger charge is -2.29. The van der Waals surface area contributed by atoms with E-state index in [1.165, 1.54) is 11.8 Å². The Morgan fingerprint density at radius 3 is 2.74 bits per heavy atom. The predicted molar refractivity (Wildman–Crippen MR) is 131 cm³/mol. The summed E-state index contributed by atoms with van der Waals surface area (Å²) in [6.45, 7) is 4.01. The molecule has 2 heterocycles. The van der Waals surface area contributed by atoms with Gasteiger partial charge in [0, 0.05) is 25.6 Å². The molecule has 1 aliphatic carbocycles. The summed E-state index contributed by atoms with van der Waals surface area (Å²) in [5.41, 5.74) is 0.537. The molecule has 1 saturated heterocycles. The van der Waals surface area contributed by atoms with Crippen LogP contribution in [0.1, 0.15) is 45.4 Å². The normalized spacial score (nSPS) is 22.6. The van der Waals surface area contributed by atoms with Gasteiger partial charge in [0.2, 0.25) is 5.91 Å². The van der Waals surface area contributed by atoms with Crippen LogP contribution in [-0.2, 0) is 25.6 Å². The second-order valence-corrected chi connectivity index (χ2v) is 9.96. The molecule has 2 fully saturated rings. The molecule has 2 aliphatic rings. The lowest BCUT2D eigenvalue weighted by Crippen LogP contribution is -2.38. The zero-order valence-electron chi connectivity index (χ0n) is 19.7. The van der Waals surface area contributed by atoms with E-state index in [1.807, 2.05) is 18.2 Å². The molecule has 1 saturated carbocycles. The van der Waals surface area contributed by atoms with Crippen molar-refractivity contribution in [3.05, 3.63) is 34.6 Å². The van der Waals surface area contributed by atoms with Crippen molar-refractivity contribution < 1.29 is 19.1 Å². The maximum atomic E-state index is 13.3. The van der Waals surface area contributed by atoms with Gasteiger partial charge in [0.05, 0.1) is 29.4 Å². The summed E-state index contributed by atoms with van der Waals surface area (Å²) in [7, 11) is 0. The van der Waals surface area contributed by atoms with Crippen molar-refractivity contribution in [1.82, 2.24) is 14.9 Å². The van der Waals surface area contributed by atoms with Crippen LogP contribution in [0, 0.1) is 11.8 Å². The first-order valence-corrected chi connectivity index (χ1v) is 13.2. The van der Waals surface area contributed by atoms with Gasteiger partial charge in [-0.15, -0.1) is 0 Å². The molecule has 1 aromatic heterocycles. The minimum atomic E-state index is -0.323. The lowest BCUT2D eigenvalue weighted by molar-refractivity contribution is -0.139. The van der Waals surface area contributed by atoms with Crippen LogP contribution >= 0.6 is 11.8 Å². The third kappa shape index (κ3) is 6.18. The van der Waals surface area contributed by atoms with E-state index >= 15 is 0 Å². The third-order valence-corrected chi connectivity index (χ3v) is 7.59. The Hall–Kier alpha value is -2.39. The largest absolute Gasteiger partial charge is 0.465 e. The number of nitrogens with zero attached hydrogens (tertiary/aromatic N) is 2. The number of rotatable bonds is 9. The summed E-state index contributed by atoms with van der Waals surface area (Å²) in [5, 5.41) is 4.17. The summed E-state index contributed by atoms with van der Waals surface area (Å²) >= 11 is 1.24.